The number of fused-ring (bicyclic) bond motifs is 1. The third-order valence-electron chi connectivity index (χ3n) is 5.86. The van der Waals surface area contributed by atoms with Crippen molar-refractivity contribution in [3.63, 3.8) is 0 Å². The molecule has 0 bridgehead atoms. The maximum absolute atomic E-state index is 5.50. The van der Waals surface area contributed by atoms with Gasteiger partial charge in [-0.1, -0.05) is 54.6 Å². The van der Waals surface area contributed by atoms with Gasteiger partial charge in [-0.2, -0.15) is 0 Å². The Bertz CT molecular complexity index is 930. The molecule has 29 heavy (non-hydrogen) atoms. The fraction of sp³-hybridized carbons (Fsp3) is 0.360. The molecule has 0 spiro atoms. The standard InChI is InChI=1S/C25H31N3O/c1-27-13-15-28(16-14-27)19-21-9-7-20(8-10-21)17-26-18-22-11-12-25(29-2)24-6-4-3-5-23(22)24/h3-12,26H,13-19H2,1-2H3. The largest absolute Gasteiger partial charge is 0.496 e. The molecule has 1 aliphatic rings. The highest BCUT2D eigenvalue weighted by Crippen LogP contribution is 2.28. The Labute approximate surface area is 174 Å². The summed E-state index contributed by atoms with van der Waals surface area (Å²) in [6, 6.07) is 21.7. The number of methoxy groups -OCH3 is 1. The molecule has 4 heteroatoms. The summed E-state index contributed by atoms with van der Waals surface area (Å²) in [5.74, 6) is 0.931. The summed E-state index contributed by atoms with van der Waals surface area (Å²) >= 11 is 0. The fourth-order valence-electron chi connectivity index (χ4n) is 4.03. The molecule has 0 radical (unpaired) electrons. The van der Waals surface area contributed by atoms with Crippen molar-refractivity contribution in [2.24, 2.45) is 0 Å². The van der Waals surface area contributed by atoms with Gasteiger partial charge in [0.15, 0.2) is 0 Å². The predicted molar refractivity (Wildman–Crippen MR) is 120 cm³/mol. The maximum Gasteiger partial charge on any atom is 0.126 e. The lowest BCUT2D eigenvalue weighted by Crippen LogP contribution is -2.43. The van der Waals surface area contributed by atoms with Crippen molar-refractivity contribution in [1.82, 2.24) is 15.1 Å². The zero-order chi connectivity index (χ0) is 20.1. The summed E-state index contributed by atoms with van der Waals surface area (Å²) in [5.41, 5.74) is 4.03. The summed E-state index contributed by atoms with van der Waals surface area (Å²) in [7, 11) is 3.93. The van der Waals surface area contributed by atoms with Gasteiger partial charge < -0.3 is 15.0 Å². The SMILES string of the molecule is COc1ccc(CNCc2ccc(CN3CCN(C)CC3)cc2)c2ccccc12. The van der Waals surface area contributed by atoms with Crippen molar-refractivity contribution < 1.29 is 4.74 Å². The quantitative estimate of drug-likeness (QED) is 0.664. The topological polar surface area (TPSA) is 27.7 Å². The molecule has 152 valence electrons. The van der Waals surface area contributed by atoms with E-state index in [1.807, 2.05) is 0 Å². The van der Waals surface area contributed by atoms with Gasteiger partial charge in [-0.15, -0.1) is 0 Å². The lowest BCUT2D eigenvalue weighted by Gasteiger charge is -2.32. The first-order valence-corrected chi connectivity index (χ1v) is 10.5. The Balaban J connectivity index is 1.32. The second-order valence-electron chi connectivity index (χ2n) is 7.97. The third kappa shape index (κ3) is 4.96. The van der Waals surface area contributed by atoms with Crippen LogP contribution in [-0.4, -0.2) is 50.1 Å². The summed E-state index contributed by atoms with van der Waals surface area (Å²) < 4.78 is 5.50. The Morgan fingerprint density at radius 2 is 1.48 bits per heavy atom. The van der Waals surface area contributed by atoms with Crippen LogP contribution in [0.2, 0.25) is 0 Å². The smallest absolute Gasteiger partial charge is 0.126 e. The highest BCUT2D eigenvalue weighted by molar-refractivity contribution is 5.91. The highest BCUT2D eigenvalue weighted by Gasteiger charge is 2.13. The van der Waals surface area contributed by atoms with Gasteiger partial charge >= 0.3 is 0 Å². The number of nitrogens with zero attached hydrogens (tertiary/aromatic N) is 2. The van der Waals surface area contributed by atoms with Crippen LogP contribution in [0.15, 0.2) is 60.7 Å². The average molecular weight is 390 g/mol. The van der Waals surface area contributed by atoms with Crippen molar-refractivity contribution in [2.75, 3.05) is 40.3 Å². The summed E-state index contributed by atoms with van der Waals surface area (Å²) in [5, 5.41) is 6.02. The number of ether oxygens (including phenoxy) is 1. The van der Waals surface area contributed by atoms with Gasteiger partial charge in [0.25, 0.3) is 0 Å². The van der Waals surface area contributed by atoms with E-state index in [0.717, 1.165) is 38.5 Å². The zero-order valence-electron chi connectivity index (χ0n) is 17.5. The highest BCUT2D eigenvalue weighted by atomic mass is 16.5. The molecule has 4 rings (SSSR count). The molecular formula is C25H31N3O. The second-order valence-corrected chi connectivity index (χ2v) is 7.97. The minimum absolute atomic E-state index is 0.841. The van der Waals surface area contributed by atoms with Crippen LogP contribution in [0.1, 0.15) is 16.7 Å². The van der Waals surface area contributed by atoms with Gasteiger partial charge in [-0.05, 0) is 35.2 Å². The van der Waals surface area contributed by atoms with Crippen molar-refractivity contribution in [3.05, 3.63) is 77.4 Å². The van der Waals surface area contributed by atoms with E-state index < -0.39 is 0 Å². The van der Waals surface area contributed by atoms with E-state index in [1.165, 1.54) is 40.6 Å². The van der Waals surface area contributed by atoms with Gasteiger partial charge in [-0.3, -0.25) is 4.90 Å². The van der Waals surface area contributed by atoms with Crippen molar-refractivity contribution in [3.8, 4) is 5.75 Å². The fourth-order valence-corrected chi connectivity index (χ4v) is 4.03. The molecule has 1 saturated heterocycles. The minimum Gasteiger partial charge on any atom is -0.496 e. The molecule has 0 aromatic heterocycles. The van der Waals surface area contributed by atoms with Crippen LogP contribution in [0, 0.1) is 0 Å². The zero-order valence-corrected chi connectivity index (χ0v) is 17.5. The normalized spacial score (nSPS) is 15.7. The van der Waals surface area contributed by atoms with E-state index in [9.17, 15) is 0 Å². The van der Waals surface area contributed by atoms with Crippen LogP contribution in [0.5, 0.6) is 5.75 Å². The first kappa shape index (κ1) is 19.9. The van der Waals surface area contributed by atoms with E-state index in [4.69, 9.17) is 4.74 Å². The van der Waals surface area contributed by atoms with E-state index in [-0.39, 0.29) is 0 Å². The molecule has 0 aliphatic carbocycles. The van der Waals surface area contributed by atoms with Crippen LogP contribution < -0.4 is 10.1 Å². The number of benzene rings is 3. The van der Waals surface area contributed by atoms with E-state index in [1.54, 1.807) is 7.11 Å². The van der Waals surface area contributed by atoms with Gasteiger partial charge in [0.2, 0.25) is 0 Å². The summed E-state index contributed by atoms with van der Waals surface area (Å²) in [4.78, 5) is 4.94. The van der Waals surface area contributed by atoms with Crippen LogP contribution >= 0.6 is 0 Å². The van der Waals surface area contributed by atoms with Crippen LogP contribution in [0.3, 0.4) is 0 Å². The Morgan fingerprint density at radius 3 is 2.21 bits per heavy atom. The summed E-state index contributed by atoms with van der Waals surface area (Å²) in [6.07, 6.45) is 0. The maximum atomic E-state index is 5.50. The molecule has 3 aromatic rings. The number of rotatable bonds is 7. The number of hydrogen-bond acceptors (Lipinski definition) is 4. The van der Waals surface area contributed by atoms with Gasteiger partial charge in [0.1, 0.15) is 5.75 Å². The van der Waals surface area contributed by atoms with Crippen LogP contribution in [0.4, 0.5) is 0 Å². The second kappa shape index (κ2) is 9.40. The number of nitrogens with one attached hydrogen (secondary N) is 1. The Kier molecular flexibility index (Phi) is 6.45. The molecule has 0 atom stereocenters. The Morgan fingerprint density at radius 1 is 0.793 bits per heavy atom. The lowest BCUT2D eigenvalue weighted by molar-refractivity contribution is 0.148. The first-order valence-electron chi connectivity index (χ1n) is 10.5. The molecule has 1 N–H and O–H groups in total. The molecule has 1 heterocycles. The van der Waals surface area contributed by atoms with E-state index in [2.05, 4.69) is 82.8 Å². The molecular weight excluding hydrogens is 358 g/mol. The average Bonchev–Trinajstić information content (AvgIpc) is 2.76. The van der Waals surface area contributed by atoms with Crippen molar-refractivity contribution in [1.29, 1.82) is 0 Å². The molecule has 4 nitrogen and oxygen atoms in total. The molecule has 3 aromatic carbocycles. The number of piperazine rings is 1. The van der Waals surface area contributed by atoms with Crippen LogP contribution in [-0.2, 0) is 19.6 Å². The van der Waals surface area contributed by atoms with Gasteiger partial charge in [0, 0.05) is 51.2 Å². The number of likely N-dealkylation sites (N-methyl/N-ethyl adjacent to an activating group) is 1. The predicted octanol–water partition coefficient (Wildman–Crippen LogP) is 3.89. The number of hydrogen-bond donors (Lipinski definition) is 1. The first-order chi connectivity index (χ1) is 14.2. The summed E-state index contributed by atoms with van der Waals surface area (Å²) in [6.45, 7) is 7.43. The molecule has 0 unspecified atom stereocenters. The molecule has 0 saturated carbocycles. The lowest BCUT2D eigenvalue weighted by atomic mass is 10.0. The molecule has 1 fully saturated rings. The van der Waals surface area contributed by atoms with E-state index >= 15 is 0 Å². The molecule has 0 amide bonds. The van der Waals surface area contributed by atoms with Crippen LogP contribution in [0.25, 0.3) is 10.8 Å². The van der Waals surface area contributed by atoms with Gasteiger partial charge in [-0.25, -0.2) is 0 Å². The van der Waals surface area contributed by atoms with E-state index in [0.29, 0.717) is 0 Å². The van der Waals surface area contributed by atoms with Gasteiger partial charge in [0.05, 0.1) is 7.11 Å². The Hall–Kier alpha value is -2.40. The van der Waals surface area contributed by atoms with Crippen molar-refractivity contribution in [2.45, 2.75) is 19.6 Å². The van der Waals surface area contributed by atoms with Crippen molar-refractivity contribution >= 4 is 10.8 Å². The monoisotopic (exact) mass is 389 g/mol. The third-order valence-corrected chi connectivity index (χ3v) is 5.86. The minimum atomic E-state index is 0.841. The molecule has 1 aliphatic heterocycles.